The lowest BCUT2D eigenvalue weighted by Crippen LogP contribution is -2.36. The molecule has 1 aromatic rings. The monoisotopic (exact) mass is 264 g/mol. The maximum absolute atomic E-state index is 11.6. The predicted octanol–water partition coefficient (Wildman–Crippen LogP) is 2.12. The minimum Gasteiger partial charge on any atom is -0.497 e. The number of carbonyl (C=O) groups excluding carboxylic acids is 1. The van der Waals surface area contributed by atoms with Crippen LogP contribution in [-0.2, 0) is 4.79 Å². The number of hydrogen-bond donors (Lipinski definition) is 2. The molecule has 0 unspecified atom stereocenters. The molecule has 0 saturated heterocycles. The number of hydrogen-bond acceptors (Lipinski definition) is 3. The molecule has 0 saturated carbocycles. The summed E-state index contributed by atoms with van der Waals surface area (Å²) < 4.78 is 5.19. The zero-order valence-electron chi connectivity index (χ0n) is 12.2. The third-order valence-electron chi connectivity index (χ3n) is 2.87. The molecular formula is C15H24N2O2. The van der Waals surface area contributed by atoms with Gasteiger partial charge < -0.3 is 15.4 Å². The van der Waals surface area contributed by atoms with Crippen LogP contribution in [0.1, 0.15) is 32.4 Å². The summed E-state index contributed by atoms with van der Waals surface area (Å²) in [6.45, 7) is 7.23. The molecular weight excluding hydrogens is 240 g/mol. The summed E-state index contributed by atoms with van der Waals surface area (Å²) in [6.07, 6.45) is 0. The van der Waals surface area contributed by atoms with E-state index in [1.165, 1.54) is 0 Å². The van der Waals surface area contributed by atoms with E-state index in [2.05, 4.69) is 24.5 Å². The highest BCUT2D eigenvalue weighted by molar-refractivity contribution is 5.78. The normalized spacial score (nSPS) is 12.3. The maximum Gasteiger partial charge on any atom is 0.233 e. The molecule has 0 aliphatic carbocycles. The van der Waals surface area contributed by atoms with E-state index in [9.17, 15) is 4.79 Å². The van der Waals surface area contributed by atoms with Gasteiger partial charge in [-0.1, -0.05) is 26.0 Å². The molecule has 0 aromatic heterocycles. The van der Waals surface area contributed by atoms with Crippen LogP contribution in [0.2, 0.25) is 0 Å². The fraction of sp³-hybridized carbons (Fsp3) is 0.533. The predicted molar refractivity (Wildman–Crippen MR) is 77.3 cm³/mol. The maximum atomic E-state index is 11.6. The Kier molecular flexibility index (Phi) is 6.36. The van der Waals surface area contributed by atoms with Crippen molar-refractivity contribution in [3.05, 3.63) is 29.8 Å². The first-order chi connectivity index (χ1) is 9.02. The highest BCUT2D eigenvalue weighted by atomic mass is 16.5. The Morgan fingerprint density at radius 3 is 2.68 bits per heavy atom. The van der Waals surface area contributed by atoms with Gasteiger partial charge in [0.05, 0.1) is 13.7 Å². The van der Waals surface area contributed by atoms with Gasteiger partial charge in [0.15, 0.2) is 0 Å². The molecule has 106 valence electrons. The van der Waals surface area contributed by atoms with Crippen molar-refractivity contribution in [3.63, 3.8) is 0 Å². The van der Waals surface area contributed by atoms with Crippen LogP contribution in [-0.4, -0.2) is 26.1 Å². The van der Waals surface area contributed by atoms with Crippen molar-refractivity contribution in [2.75, 3.05) is 20.2 Å². The Balaban J connectivity index is 2.41. The molecule has 0 aliphatic heterocycles. The summed E-state index contributed by atoms with van der Waals surface area (Å²) in [7, 11) is 1.65. The Labute approximate surface area is 115 Å². The van der Waals surface area contributed by atoms with E-state index in [0.717, 1.165) is 11.3 Å². The van der Waals surface area contributed by atoms with Crippen molar-refractivity contribution in [1.82, 2.24) is 10.6 Å². The molecule has 4 nitrogen and oxygen atoms in total. The van der Waals surface area contributed by atoms with Gasteiger partial charge in [-0.3, -0.25) is 4.79 Å². The summed E-state index contributed by atoms with van der Waals surface area (Å²) in [5, 5.41) is 6.09. The van der Waals surface area contributed by atoms with Gasteiger partial charge in [0.25, 0.3) is 0 Å². The van der Waals surface area contributed by atoms with Crippen molar-refractivity contribution < 1.29 is 9.53 Å². The average molecular weight is 264 g/mol. The largest absolute Gasteiger partial charge is 0.497 e. The molecule has 1 aromatic carbocycles. The second-order valence-electron chi connectivity index (χ2n) is 5.08. The van der Waals surface area contributed by atoms with Crippen molar-refractivity contribution in [3.8, 4) is 5.75 Å². The van der Waals surface area contributed by atoms with Crippen molar-refractivity contribution >= 4 is 5.91 Å². The lowest BCUT2D eigenvalue weighted by molar-refractivity contribution is -0.120. The second-order valence-corrected chi connectivity index (χ2v) is 5.08. The van der Waals surface area contributed by atoms with E-state index >= 15 is 0 Å². The Bertz CT molecular complexity index is 405. The van der Waals surface area contributed by atoms with Gasteiger partial charge in [-0.25, -0.2) is 0 Å². The number of amides is 1. The van der Waals surface area contributed by atoms with E-state index in [-0.39, 0.29) is 11.9 Å². The third-order valence-corrected chi connectivity index (χ3v) is 2.87. The molecule has 0 aliphatic rings. The number of methoxy groups -OCH3 is 1. The lowest BCUT2D eigenvalue weighted by atomic mass is 10.1. The molecule has 0 spiro atoms. The van der Waals surface area contributed by atoms with Gasteiger partial charge in [-0.2, -0.15) is 0 Å². The van der Waals surface area contributed by atoms with Crippen LogP contribution < -0.4 is 15.4 Å². The summed E-state index contributed by atoms with van der Waals surface area (Å²) in [6, 6.07) is 7.96. The molecule has 1 rings (SSSR count). The van der Waals surface area contributed by atoms with Crippen molar-refractivity contribution in [2.24, 2.45) is 5.92 Å². The standard InChI is InChI=1S/C15H24N2O2/c1-11(2)9-17-15(18)10-16-12(3)13-6-5-7-14(8-13)19-4/h5-8,11-12,16H,9-10H2,1-4H3,(H,17,18)/t12-/m0/s1. The molecule has 0 heterocycles. The van der Waals surface area contributed by atoms with Gasteiger partial charge in [0.1, 0.15) is 5.75 Å². The fourth-order valence-corrected chi connectivity index (χ4v) is 1.65. The molecule has 0 fully saturated rings. The number of ether oxygens (including phenoxy) is 1. The second kappa shape index (κ2) is 7.79. The van der Waals surface area contributed by atoms with Crippen LogP contribution in [0.15, 0.2) is 24.3 Å². The molecule has 1 amide bonds. The van der Waals surface area contributed by atoms with E-state index in [0.29, 0.717) is 19.0 Å². The topological polar surface area (TPSA) is 50.4 Å². The number of rotatable bonds is 7. The van der Waals surface area contributed by atoms with Gasteiger partial charge in [0.2, 0.25) is 5.91 Å². The van der Waals surface area contributed by atoms with E-state index in [1.807, 2.05) is 31.2 Å². The summed E-state index contributed by atoms with van der Waals surface area (Å²) >= 11 is 0. The highest BCUT2D eigenvalue weighted by Crippen LogP contribution is 2.18. The van der Waals surface area contributed by atoms with Gasteiger partial charge in [-0.05, 0) is 30.5 Å². The van der Waals surface area contributed by atoms with Crippen LogP contribution >= 0.6 is 0 Å². The number of nitrogens with one attached hydrogen (secondary N) is 2. The first-order valence-corrected chi connectivity index (χ1v) is 6.67. The lowest BCUT2D eigenvalue weighted by Gasteiger charge is -2.15. The summed E-state index contributed by atoms with van der Waals surface area (Å²) in [5.74, 6) is 1.33. The summed E-state index contributed by atoms with van der Waals surface area (Å²) in [4.78, 5) is 11.6. The SMILES string of the molecule is COc1cccc([C@H](C)NCC(=O)NCC(C)C)c1. The van der Waals surface area contributed by atoms with Crippen LogP contribution in [0.3, 0.4) is 0 Å². The minimum atomic E-state index is 0.0310. The van der Waals surface area contributed by atoms with E-state index < -0.39 is 0 Å². The van der Waals surface area contributed by atoms with E-state index in [4.69, 9.17) is 4.74 Å². The molecule has 19 heavy (non-hydrogen) atoms. The van der Waals surface area contributed by atoms with Crippen molar-refractivity contribution in [1.29, 1.82) is 0 Å². The Hall–Kier alpha value is -1.55. The first kappa shape index (κ1) is 15.5. The molecule has 1 atom stereocenters. The van der Waals surface area contributed by atoms with E-state index in [1.54, 1.807) is 7.11 Å². The minimum absolute atomic E-state index is 0.0310. The van der Waals surface area contributed by atoms with Gasteiger partial charge in [-0.15, -0.1) is 0 Å². The third kappa shape index (κ3) is 5.75. The van der Waals surface area contributed by atoms with Crippen LogP contribution in [0.4, 0.5) is 0 Å². The van der Waals surface area contributed by atoms with Gasteiger partial charge >= 0.3 is 0 Å². The quantitative estimate of drug-likeness (QED) is 0.793. The zero-order chi connectivity index (χ0) is 14.3. The smallest absolute Gasteiger partial charge is 0.233 e. The first-order valence-electron chi connectivity index (χ1n) is 6.67. The summed E-state index contributed by atoms with van der Waals surface area (Å²) in [5.41, 5.74) is 1.11. The molecule has 2 N–H and O–H groups in total. The number of benzene rings is 1. The average Bonchev–Trinajstić information content (AvgIpc) is 2.42. The van der Waals surface area contributed by atoms with Crippen LogP contribution in [0, 0.1) is 5.92 Å². The molecule has 4 heteroatoms. The Morgan fingerprint density at radius 1 is 1.32 bits per heavy atom. The molecule has 0 bridgehead atoms. The zero-order valence-corrected chi connectivity index (χ0v) is 12.2. The fourth-order valence-electron chi connectivity index (χ4n) is 1.65. The Morgan fingerprint density at radius 2 is 2.05 bits per heavy atom. The van der Waals surface area contributed by atoms with Crippen LogP contribution in [0.25, 0.3) is 0 Å². The molecule has 0 radical (unpaired) electrons. The highest BCUT2D eigenvalue weighted by Gasteiger charge is 2.08. The van der Waals surface area contributed by atoms with Crippen molar-refractivity contribution in [2.45, 2.75) is 26.8 Å². The van der Waals surface area contributed by atoms with Crippen LogP contribution in [0.5, 0.6) is 5.75 Å². The van der Waals surface area contributed by atoms with Gasteiger partial charge in [0, 0.05) is 12.6 Å². The number of carbonyl (C=O) groups is 1.